The van der Waals surface area contributed by atoms with Gasteiger partial charge in [-0.1, -0.05) is 29.8 Å². The van der Waals surface area contributed by atoms with Crippen LogP contribution < -0.4 is 9.62 Å². The van der Waals surface area contributed by atoms with Gasteiger partial charge >= 0.3 is 5.97 Å². The molecule has 0 heterocycles. The molecule has 0 radical (unpaired) electrons. The standard InChI is InChI=1S/C19H21ClN2O5S/c1-4-27-19(24)14-10-9-13(2)16(11-14)21-18(23)12-22(28(3,25)26)17-8-6-5-7-15(17)20/h5-11H,4,12H2,1-3H3,(H,21,23). The normalized spacial score (nSPS) is 11.0. The first-order valence-corrected chi connectivity index (χ1v) is 10.7. The number of carbonyl (C=O) groups is 2. The van der Waals surface area contributed by atoms with E-state index >= 15 is 0 Å². The fraction of sp³-hybridized carbons (Fsp3) is 0.263. The first kappa shape index (κ1) is 21.7. The molecule has 7 nitrogen and oxygen atoms in total. The minimum atomic E-state index is -3.75. The summed E-state index contributed by atoms with van der Waals surface area (Å²) in [6.07, 6.45) is 0.996. The molecule has 1 amide bonds. The van der Waals surface area contributed by atoms with Crippen molar-refractivity contribution in [3.8, 4) is 0 Å². The van der Waals surface area contributed by atoms with Gasteiger partial charge in [-0.2, -0.15) is 0 Å². The maximum absolute atomic E-state index is 12.5. The van der Waals surface area contributed by atoms with E-state index in [9.17, 15) is 18.0 Å². The van der Waals surface area contributed by atoms with Gasteiger partial charge in [0.15, 0.2) is 0 Å². The zero-order valence-corrected chi connectivity index (χ0v) is 17.3. The first-order valence-electron chi connectivity index (χ1n) is 8.43. The maximum Gasteiger partial charge on any atom is 0.338 e. The summed E-state index contributed by atoms with van der Waals surface area (Å²) in [5.74, 6) is -1.08. The van der Waals surface area contributed by atoms with E-state index in [1.54, 1.807) is 44.2 Å². The second-order valence-electron chi connectivity index (χ2n) is 6.02. The highest BCUT2D eigenvalue weighted by atomic mass is 35.5. The van der Waals surface area contributed by atoms with Crippen molar-refractivity contribution in [2.75, 3.05) is 29.0 Å². The van der Waals surface area contributed by atoms with Gasteiger partial charge in [-0.05, 0) is 43.7 Å². The number of nitrogens with zero attached hydrogens (tertiary/aromatic N) is 1. The number of rotatable bonds is 7. The number of anilines is 2. The molecule has 0 aliphatic rings. The monoisotopic (exact) mass is 424 g/mol. The van der Waals surface area contributed by atoms with Crippen LogP contribution in [0.4, 0.5) is 11.4 Å². The van der Waals surface area contributed by atoms with E-state index < -0.39 is 28.4 Å². The molecule has 0 atom stereocenters. The van der Waals surface area contributed by atoms with Gasteiger partial charge in [-0.25, -0.2) is 13.2 Å². The van der Waals surface area contributed by atoms with Crippen LogP contribution in [0.2, 0.25) is 5.02 Å². The summed E-state index contributed by atoms with van der Waals surface area (Å²) in [5.41, 5.74) is 1.60. The van der Waals surface area contributed by atoms with Crippen molar-refractivity contribution in [2.24, 2.45) is 0 Å². The molecular formula is C19H21ClN2O5S. The van der Waals surface area contributed by atoms with Crippen molar-refractivity contribution < 1.29 is 22.7 Å². The Balaban J connectivity index is 2.25. The van der Waals surface area contributed by atoms with Crippen molar-refractivity contribution in [3.63, 3.8) is 0 Å². The molecular weight excluding hydrogens is 404 g/mol. The van der Waals surface area contributed by atoms with E-state index in [2.05, 4.69) is 5.32 Å². The highest BCUT2D eigenvalue weighted by Gasteiger charge is 2.23. The third-order valence-corrected chi connectivity index (χ3v) is 5.28. The van der Waals surface area contributed by atoms with Crippen LogP contribution in [0.1, 0.15) is 22.8 Å². The Bertz CT molecular complexity index is 992. The third kappa shape index (κ3) is 5.46. The molecule has 9 heteroatoms. The molecule has 2 aromatic carbocycles. The summed E-state index contributed by atoms with van der Waals surface area (Å²) >= 11 is 6.09. The summed E-state index contributed by atoms with van der Waals surface area (Å²) in [6.45, 7) is 3.22. The van der Waals surface area contributed by atoms with E-state index in [-0.39, 0.29) is 22.9 Å². The van der Waals surface area contributed by atoms with E-state index in [0.717, 1.165) is 10.6 Å². The number of aryl methyl sites for hydroxylation is 1. The number of halogens is 1. The number of ether oxygens (including phenoxy) is 1. The second-order valence-corrected chi connectivity index (χ2v) is 8.33. The number of nitrogens with one attached hydrogen (secondary N) is 1. The van der Waals surface area contributed by atoms with Gasteiger partial charge < -0.3 is 10.1 Å². The third-order valence-electron chi connectivity index (χ3n) is 3.83. The minimum Gasteiger partial charge on any atom is -0.462 e. The lowest BCUT2D eigenvalue weighted by atomic mass is 10.1. The highest BCUT2D eigenvalue weighted by molar-refractivity contribution is 7.92. The molecule has 0 aliphatic heterocycles. The summed E-state index contributed by atoms with van der Waals surface area (Å²) in [7, 11) is -3.75. The smallest absolute Gasteiger partial charge is 0.338 e. The quantitative estimate of drug-likeness (QED) is 0.689. The maximum atomic E-state index is 12.5. The fourth-order valence-electron chi connectivity index (χ4n) is 2.45. The molecule has 0 aliphatic carbocycles. The SMILES string of the molecule is CCOC(=O)c1ccc(C)c(NC(=O)CN(c2ccccc2Cl)S(C)(=O)=O)c1. The van der Waals surface area contributed by atoms with Gasteiger partial charge in [-0.3, -0.25) is 9.10 Å². The molecule has 28 heavy (non-hydrogen) atoms. The molecule has 0 fully saturated rings. The van der Waals surface area contributed by atoms with E-state index in [4.69, 9.17) is 16.3 Å². The molecule has 0 spiro atoms. The summed E-state index contributed by atoms with van der Waals surface area (Å²) < 4.78 is 30.2. The van der Waals surface area contributed by atoms with E-state index in [1.165, 1.54) is 12.1 Å². The topological polar surface area (TPSA) is 92.8 Å². The van der Waals surface area contributed by atoms with Crippen LogP contribution in [0.3, 0.4) is 0 Å². The van der Waals surface area contributed by atoms with E-state index in [0.29, 0.717) is 11.3 Å². The molecule has 0 unspecified atom stereocenters. The molecule has 150 valence electrons. The molecule has 0 bridgehead atoms. The average molecular weight is 425 g/mol. The molecule has 2 aromatic rings. The molecule has 0 aromatic heterocycles. The predicted molar refractivity (Wildman–Crippen MR) is 109 cm³/mol. The zero-order valence-electron chi connectivity index (χ0n) is 15.7. The van der Waals surface area contributed by atoms with Crippen LogP contribution in [0.15, 0.2) is 42.5 Å². The van der Waals surface area contributed by atoms with Crippen LogP contribution in [0, 0.1) is 6.92 Å². The van der Waals surface area contributed by atoms with Crippen molar-refractivity contribution >= 4 is 44.9 Å². The Morgan fingerprint density at radius 3 is 2.46 bits per heavy atom. The summed E-state index contributed by atoms with van der Waals surface area (Å²) in [4.78, 5) is 24.4. The Hall–Kier alpha value is -2.58. The number of esters is 1. The summed E-state index contributed by atoms with van der Waals surface area (Å²) in [6, 6.07) is 11.1. The Kier molecular flexibility index (Phi) is 7.04. The van der Waals surface area contributed by atoms with Crippen molar-refractivity contribution in [3.05, 3.63) is 58.6 Å². The zero-order chi connectivity index (χ0) is 20.9. The first-order chi connectivity index (χ1) is 13.1. The number of para-hydroxylation sites is 1. The molecule has 1 N–H and O–H groups in total. The Labute approximate surface area is 169 Å². The van der Waals surface area contributed by atoms with Gasteiger partial charge in [0.1, 0.15) is 6.54 Å². The predicted octanol–water partition coefficient (Wildman–Crippen LogP) is 3.23. The van der Waals surface area contributed by atoms with Gasteiger partial charge in [0, 0.05) is 5.69 Å². The lowest BCUT2D eigenvalue weighted by molar-refractivity contribution is -0.114. The lowest BCUT2D eigenvalue weighted by Gasteiger charge is -2.23. The van der Waals surface area contributed by atoms with Gasteiger partial charge in [-0.15, -0.1) is 0 Å². The number of amides is 1. The molecule has 2 rings (SSSR count). The largest absolute Gasteiger partial charge is 0.462 e. The van der Waals surface area contributed by atoms with Crippen LogP contribution in [0.25, 0.3) is 0 Å². The van der Waals surface area contributed by atoms with Crippen LogP contribution in [-0.2, 0) is 19.6 Å². The summed E-state index contributed by atoms with van der Waals surface area (Å²) in [5, 5.41) is 2.85. The number of hydrogen-bond donors (Lipinski definition) is 1. The van der Waals surface area contributed by atoms with Gasteiger partial charge in [0.25, 0.3) is 0 Å². The van der Waals surface area contributed by atoms with Crippen molar-refractivity contribution in [2.45, 2.75) is 13.8 Å². The average Bonchev–Trinajstić information content (AvgIpc) is 2.61. The Morgan fingerprint density at radius 1 is 1.18 bits per heavy atom. The lowest BCUT2D eigenvalue weighted by Crippen LogP contribution is -2.37. The second kappa shape index (κ2) is 9.07. The van der Waals surface area contributed by atoms with Crippen LogP contribution >= 0.6 is 11.6 Å². The van der Waals surface area contributed by atoms with E-state index in [1.807, 2.05) is 0 Å². The van der Waals surface area contributed by atoms with Crippen molar-refractivity contribution in [1.82, 2.24) is 0 Å². The van der Waals surface area contributed by atoms with Gasteiger partial charge in [0.05, 0.1) is 29.1 Å². The van der Waals surface area contributed by atoms with Crippen LogP contribution in [0.5, 0.6) is 0 Å². The molecule has 0 saturated carbocycles. The number of benzene rings is 2. The molecule has 0 saturated heterocycles. The Morgan fingerprint density at radius 2 is 1.86 bits per heavy atom. The van der Waals surface area contributed by atoms with Gasteiger partial charge in [0.2, 0.25) is 15.9 Å². The highest BCUT2D eigenvalue weighted by Crippen LogP contribution is 2.27. The van der Waals surface area contributed by atoms with Crippen molar-refractivity contribution in [1.29, 1.82) is 0 Å². The number of hydrogen-bond acceptors (Lipinski definition) is 5. The minimum absolute atomic E-state index is 0.207. The van der Waals surface area contributed by atoms with Crippen LogP contribution in [-0.4, -0.2) is 39.7 Å². The number of sulfonamides is 1. The fourth-order valence-corrected chi connectivity index (χ4v) is 3.61. The number of carbonyl (C=O) groups excluding carboxylic acids is 2.